The van der Waals surface area contributed by atoms with Gasteiger partial charge in [0.2, 0.25) is 0 Å². The van der Waals surface area contributed by atoms with Gasteiger partial charge in [-0.05, 0) is 0 Å². The van der Waals surface area contributed by atoms with Gasteiger partial charge in [-0.15, -0.1) is 0 Å². The van der Waals surface area contributed by atoms with Gasteiger partial charge < -0.3 is 0 Å². The molecule has 1 amide bonds. The Morgan fingerprint density at radius 2 is 2.35 bits per heavy atom. The van der Waals surface area contributed by atoms with Crippen molar-refractivity contribution in [2.24, 2.45) is 5.10 Å². The predicted octanol–water partition coefficient (Wildman–Crippen LogP) is 0.800. The molecule has 0 fully saturated rings. The van der Waals surface area contributed by atoms with Crippen LogP contribution in [0.2, 0.25) is 0 Å². The van der Waals surface area contributed by atoms with Crippen molar-refractivity contribution in [1.29, 1.82) is 0 Å². The molecule has 2 rings (SSSR count). The van der Waals surface area contributed by atoms with Crippen molar-refractivity contribution in [2.75, 3.05) is 18.0 Å². The zero-order valence-corrected chi connectivity index (χ0v) is 10.8. The first-order chi connectivity index (χ1) is 8.26. The average Bonchev–Trinajstić information content (AvgIpc) is 2.79. The van der Waals surface area contributed by atoms with E-state index in [2.05, 4.69) is 34.9 Å². The number of hydrazone groups is 1. The van der Waals surface area contributed by atoms with E-state index in [9.17, 15) is 4.79 Å². The van der Waals surface area contributed by atoms with E-state index in [1.54, 1.807) is 4.85 Å². The summed E-state index contributed by atoms with van der Waals surface area (Å²) in [6, 6.07) is 8.01. The number of amides is 1. The SMILES string of the molecule is C=NN([CH]=[V])CC(=O)N1CCc2ccccc21. The number of carbonyl (C=O) groups excluding carboxylic acids is 1. The van der Waals surface area contributed by atoms with E-state index in [-0.39, 0.29) is 12.5 Å². The number of fused-ring (bicyclic) bond motifs is 1. The molecule has 0 unspecified atom stereocenters. The van der Waals surface area contributed by atoms with Gasteiger partial charge in [-0.3, -0.25) is 0 Å². The van der Waals surface area contributed by atoms with E-state index in [1.165, 1.54) is 10.6 Å². The Morgan fingerprint density at radius 1 is 1.59 bits per heavy atom. The molecule has 0 aromatic heterocycles. The number of carbonyl (C=O) groups is 1. The van der Waals surface area contributed by atoms with Crippen molar-refractivity contribution < 1.29 is 21.8 Å². The second-order valence-corrected chi connectivity index (χ2v) is 4.14. The summed E-state index contributed by atoms with van der Waals surface area (Å²) in [7, 11) is 0. The normalized spacial score (nSPS) is 13.0. The van der Waals surface area contributed by atoms with Gasteiger partial charge in [-0.2, -0.15) is 0 Å². The van der Waals surface area contributed by atoms with E-state index in [1.807, 2.05) is 23.1 Å². The van der Waals surface area contributed by atoms with Crippen molar-refractivity contribution in [3.8, 4) is 0 Å². The molecule has 1 aliphatic rings. The first kappa shape index (κ1) is 12.1. The minimum atomic E-state index is 0.0460. The Morgan fingerprint density at radius 3 is 3.06 bits per heavy atom. The predicted molar refractivity (Wildman–Crippen MR) is 64.8 cm³/mol. The van der Waals surface area contributed by atoms with Crippen LogP contribution in [0.3, 0.4) is 0 Å². The third-order valence-electron chi connectivity index (χ3n) is 2.80. The van der Waals surface area contributed by atoms with Gasteiger partial charge in [0, 0.05) is 0 Å². The topological polar surface area (TPSA) is 35.9 Å². The van der Waals surface area contributed by atoms with Crippen molar-refractivity contribution in [3.63, 3.8) is 0 Å². The number of rotatable bonds is 4. The fraction of sp³-hybridized carbons (Fsp3) is 0.250. The molecule has 87 valence electrons. The molecule has 0 atom stereocenters. The summed E-state index contributed by atoms with van der Waals surface area (Å²) in [6.07, 6.45) is 0.926. The van der Waals surface area contributed by atoms with Gasteiger partial charge in [-0.25, -0.2) is 0 Å². The zero-order valence-electron chi connectivity index (χ0n) is 9.41. The van der Waals surface area contributed by atoms with E-state index in [0.717, 1.165) is 18.7 Å². The van der Waals surface area contributed by atoms with Crippen LogP contribution in [-0.4, -0.2) is 35.6 Å². The van der Waals surface area contributed by atoms with Crippen LogP contribution >= 0.6 is 0 Å². The van der Waals surface area contributed by atoms with Crippen LogP contribution in [0, 0.1) is 0 Å². The molecule has 1 aromatic carbocycles. The summed E-state index contributed by atoms with van der Waals surface area (Å²) in [4.78, 5) is 15.6. The fourth-order valence-electron chi connectivity index (χ4n) is 1.95. The van der Waals surface area contributed by atoms with E-state index in [4.69, 9.17) is 0 Å². The number of hydrogen-bond acceptors (Lipinski definition) is 3. The maximum atomic E-state index is 12.1. The summed E-state index contributed by atoms with van der Waals surface area (Å²) in [5, 5.41) is 5.26. The summed E-state index contributed by atoms with van der Waals surface area (Å²) >= 11 is 2.27. The van der Waals surface area contributed by atoms with Crippen molar-refractivity contribution in [1.82, 2.24) is 5.01 Å². The third kappa shape index (κ3) is 2.48. The molecule has 0 N–H and O–H groups in total. The second-order valence-electron chi connectivity index (χ2n) is 3.78. The van der Waals surface area contributed by atoms with Crippen LogP contribution in [0.15, 0.2) is 29.4 Å². The van der Waals surface area contributed by atoms with Crippen molar-refractivity contribution in [2.45, 2.75) is 6.42 Å². The van der Waals surface area contributed by atoms with Crippen LogP contribution in [0.25, 0.3) is 0 Å². The summed E-state index contributed by atoms with van der Waals surface area (Å²) < 4.78 is 0. The molecule has 0 radical (unpaired) electrons. The van der Waals surface area contributed by atoms with E-state index < -0.39 is 0 Å². The molecule has 5 heteroatoms. The Labute approximate surface area is 109 Å². The van der Waals surface area contributed by atoms with Crippen molar-refractivity contribution >= 4 is 23.2 Å². The Hall–Kier alpha value is -1.39. The number of nitrogens with zero attached hydrogens (tertiary/aromatic N) is 3. The monoisotopic (exact) mass is 266 g/mol. The molecule has 1 heterocycles. The number of anilines is 1. The van der Waals surface area contributed by atoms with E-state index >= 15 is 0 Å². The number of benzene rings is 1. The average molecular weight is 266 g/mol. The molecule has 0 saturated carbocycles. The minimum absolute atomic E-state index is 0.0460. The zero-order chi connectivity index (χ0) is 12.3. The van der Waals surface area contributed by atoms with Gasteiger partial charge in [0.25, 0.3) is 0 Å². The summed E-state index contributed by atoms with van der Waals surface area (Å²) in [5.74, 6) is 0.0460. The molecule has 0 aliphatic carbocycles. The van der Waals surface area contributed by atoms with Crippen molar-refractivity contribution in [3.05, 3.63) is 29.8 Å². The summed E-state index contributed by atoms with van der Waals surface area (Å²) in [5.41, 5.74) is 2.25. The quantitative estimate of drug-likeness (QED) is 0.597. The number of para-hydroxylation sites is 1. The molecule has 17 heavy (non-hydrogen) atoms. The van der Waals surface area contributed by atoms with E-state index in [0.29, 0.717) is 0 Å². The third-order valence-corrected chi connectivity index (χ3v) is 3.22. The first-order valence-corrected chi connectivity index (χ1v) is 6.16. The van der Waals surface area contributed by atoms with Crippen LogP contribution in [0.5, 0.6) is 0 Å². The maximum absolute atomic E-state index is 12.1. The van der Waals surface area contributed by atoms with Crippen LogP contribution < -0.4 is 4.90 Å². The molecule has 0 saturated heterocycles. The number of hydrogen-bond donors (Lipinski definition) is 0. The van der Waals surface area contributed by atoms with Gasteiger partial charge in [0.05, 0.1) is 0 Å². The molecule has 0 bridgehead atoms. The summed E-state index contributed by atoms with van der Waals surface area (Å²) in [6.45, 7) is 4.40. The first-order valence-electron chi connectivity index (χ1n) is 5.35. The van der Waals surface area contributed by atoms with Gasteiger partial charge in [0.15, 0.2) is 0 Å². The molecule has 4 nitrogen and oxygen atoms in total. The Balaban J connectivity index is 2.12. The van der Waals surface area contributed by atoms with Gasteiger partial charge in [0.1, 0.15) is 0 Å². The fourth-order valence-corrected chi connectivity index (χ4v) is 2.19. The molecule has 1 aromatic rings. The van der Waals surface area contributed by atoms with Crippen LogP contribution in [0.1, 0.15) is 5.56 Å². The second kappa shape index (κ2) is 5.30. The van der Waals surface area contributed by atoms with Gasteiger partial charge >= 0.3 is 109 Å². The van der Waals surface area contributed by atoms with Crippen LogP contribution in [-0.2, 0) is 28.2 Å². The molecule has 0 spiro atoms. The van der Waals surface area contributed by atoms with Crippen LogP contribution in [0.4, 0.5) is 5.69 Å². The Kier molecular flexibility index (Phi) is 3.76. The molecular weight excluding hydrogens is 253 g/mol. The molecular formula is C12H13N3OV. The standard InChI is InChI=1S/C12H13N3O.V/c1-13-14(2)9-12(16)15-8-7-10-5-3-4-6-11(10)15;/h2-6H,1,7-9H2;. The molecule has 1 aliphatic heterocycles. The Bertz CT molecular complexity index is 453. The van der Waals surface area contributed by atoms with Gasteiger partial charge in [-0.1, -0.05) is 0 Å².